The molecule has 2 unspecified atom stereocenters. The number of rotatable bonds is 8. The maximum atomic E-state index is 13.1. The number of carbonyl (C=O) groups is 2. The number of aryl methyl sites for hydroxylation is 1. The lowest BCUT2D eigenvalue weighted by atomic mass is 9.83. The molecule has 0 saturated carbocycles. The zero-order valence-electron chi connectivity index (χ0n) is 17.1. The molecule has 1 aliphatic heterocycles. The van der Waals surface area contributed by atoms with Crippen molar-refractivity contribution in [3.8, 4) is 0 Å². The van der Waals surface area contributed by atoms with Crippen LogP contribution in [0.2, 0.25) is 0 Å². The molecule has 2 aromatic rings. The van der Waals surface area contributed by atoms with Crippen LogP contribution in [0.15, 0.2) is 48.8 Å². The van der Waals surface area contributed by atoms with Crippen molar-refractivity contribution in [1.82, 2.24) is 15.2 Å². The van der Waals surface area contributed by atoms with Crippen LogP contribution in [0.1, 0.15) is 35.6 Å². The number of pyridine rings is 1. The van der Waals surface area contributed by atoms with E-state index in [9.17, 15) is 9.59 Å². The van der Waals surface area contributed by atoms with Crippen molar-refractivity contribution in [1.29, 1.82) is 0 Å². The lowest BCUT2D eigenvalue weighted by molar-refractivity contribution is -0.144. The molecule has 2 heterocycles. The van der Waals surface area contributed by atoms with Crippen molar-refractivity contribution in [2.75, 3.05) is 26.8 Å². The molecule has 154 valence electrons. The van der Waals surface area contributed by atoms with E-state index in [2.05, 4.69) is 10.3 Å². The van der Waals surface area contributed by atoms with Gasteiger partial charge in [-0.25, -0.2) is 0 Å². The van der Waals surface area contributed by atoms with Crippen molar-refractivity contribution < 1.29 is 14.3 Å². The molecule has 6 nitrogen and oxygen atoms in total. The zero-order valence-corrected chi connectivity index (χ0v) is 17.1. The molecule has 1 saturated heterocycles. The normalized spacial score (nSPS) is 19.2. The summed E-state index contributed by atoms with van der Waals surface area (Å²) >= 11 is 0. The molecule has 0 aliphatic carbocycles. The summed E-state index contributed by atoms with van der Waals surface area (Å²) in [6.45, 7) is 3.51. The quantitative estimate of drug-likeness (QED) is 0.746. The Morgan fingerprint density at radius 2 is 2.07 bits per heavy atom. The van der Waals surface area contributed by atoms with E-state index in [0.29, 0.717) is 32.5 Å². The van der Waals surface area contributed by atoms with Crippen molar-refractivity contribution in [3.05, 3.63) is 65.5 Å². The third-order valence-electron chi connectivity index (χ3n) is 5.43. The highest BCUT2D eigenvalue weighted by Crippen LogP contribution is 2.37. The molecule has 1 aromatic heterocycles. The van der Waals surface area contributed by atoms with Crippen LogP contribution in [-0.2, 0) is 20.7 Å². The highest BCUT2D eigenvalue weighted by molar-refractivity contribution is 5.85. The third kappa shape index (κ3) is 5.41. The summed E-state index contributed by atoms with van der Waals surface area (Å²) < 4.78 is 5.21. The van der Waals surface area contributed by atoms with Gasteiger partial charge < -0.3 is 15.0 Å². The number of aromatic nitrogens is 1. The summed E-state index contributed by atoms with van der Waals surface area (Å²) in [5, 5.41) is 3.07. The number of likely N-dealkylation sites (tertiary alicyclic amines) is 1. The Morgan fingerprint density at radius 1 is 1.28 bits per heavy atom. The van der Waals surface area contributed by atoms with Gasteiger partial charge in [-0.05, 0) is 37.0 Å². The van der Waals surface area contributed by atoms with Gasteiger partial charge in [-0.1, -0.05) is 35.9 Å². The Balaban J connectivity index is 1.75. The molecule has 0 bridgehead atoms. The maximum absolute atomic E-state index is 13.1. The second-order valence-electron chi connectivity index (χ2n) is 7.48. The number of nitrogens with one attached hydrogen (secondary N) is 1. The second-order valence-corrected chi connectivity index (χ2v) is 7.48. The minimum atomic E-state index is -0.277. The first-order chi connectivity index (χ1) is 14.1. The SMILES string of the molecule is COCCN1C(=O)CCC(C(=O)NCCc2cccnc2)C1c1ccc(C)cc1. The van der Waals surface area contributed by atoms with Crippen molar-refractivity contribution >= 4 is 11.8 Å². The summed E-state index contributed by atoms with van der Waals surface area (Å²) in [6, 6.07) is 11.7. The fourth-order valence-electron chi connectivity index (χ4n) is 3.86. The van der Waals surface area contributed by atoms with Crippen LogP contribution in [0.3, 0.4) is 0 Å². The molecule has 2 amide bonds. The van der Waals surface area contributed by atoms with Gasteiger partial charge in [-0.3, -0.25) is 14.6 Å². The Labute approximate surface area is 172 Å². The fraction of sp³-hybridized carbons (Fsp3) is 0.435. The molecule has 1 aromatic carbocycles. The molecule has 1 fully saturated rings. The van der Waals surface area contributed by atoms with E-state index in [-0.39, 0.29) is 23.8 Å². The Kier molecular flexibility index (Phi) is 7.36. The number of ether oxygens (including phenoxy) is 1. The largest absolute Gasteiger partial charge is 0.383 e. The van der Waals surface area contributed by atoms with Crippen molar-refractivity contribution in [3.63, 3.8) is 0 Å². The second kappa shape index (κ2) is 10.2. The van der Waals surface area contributed by atoms with Gasteiger partial charge >= 0.3 is 0 Å². The van der Waals surface area contributed by atoms with E-state index < -0.39 is 0 Å². The Morgan fingerprint density at radius 3 is 2.76 bits per heavy atom. The van der Waals surface area contributed by atoms with E-state index in [1.165, 1.54) is 0 Å². The Hall–Kier alpha value is -2.73. The predicted molar refractivity (Wildman–Crippen MR) is 111 cm³/mol. The first-order valence-corrected chi connectivity index (χ1v) is 10.1. The molecule has 2 atom stereocenters. The van der Waals surface area contributed by atoms with E-state index >= 15 is 0 Å². The fourth-order valence-corrected chi connectivity index (χ4v) is 3.86. The van der Waals surface area contributed by atoms with Gasteiger partial charge in [-0.15, -0.1) is 0 Å². The van der Waals surface area contributed by atoms with Crippen LogP contribution < -0.4 is 5.32 Å². The molecule has 0 spiro atoms. The summed E-state index contributed by atoms with van der Waals surface area (Å²) in [7, 11) is 1.62. The van der Waals surface area contributed by atoms with E-state index in [0.717, 1.165) is 23.1 Å². The summed E-state index contributed by atoms with van der Waals surface area (Å²) in [5.74, 6) is -0.206. The Bertz CT molecular complexity index is 808. The van der Waals surface area contributed by atoms with Gasteiger partial charge in [0.05, 0.1) is 18.6 Å². The number of hydrogen-bond acceptors (Lipinski definition) is 4. The minimum Gasteiger partial charge on any atom is -0.383 e. The van der Waals surface area contributed by atoms with Crippen LogP contribution >= 0.6 is 0 Å². The summed E-state index contributed by atoms with van der Waals surface area (Å²) in [5.41, 5.74) is 3.23. The first-order valence-electron chi connectivity index (χ1n) is 10.1. The molecule has 1 N–H and O–H groups in total. The molecule has 29 heavy (non-hydrogen) atoms. The van der Waals surface area contributed by atoms with E-state index in [1.54, 1.807) is 13.3 Å². The van der Waals surface area contributed by atoms with Crippen molar-refractivity contribution in [2.45, 2.75) is 32.2 Å². The van der Waals surface area contributed by atoms with Gasteiger partial charge in [0.2, 0.25) is 11.8 Å². The maximum Gasteiger partial charge on any atom is 0.225 e. The van der Waals surface area contributed by atoms with Crippen LogP contribution in [0.4, 0.5) is 0 Å². The van der Waals surface area contributed by atoms with Gasteiger partial charge in [-0.2, -0.15) is 0 Å². The van der Waals surface area contributed by atoms with Gasteiger partial charge in [0, 0.05) is 39.0 Å². The zero-order chi connectivity index (χ0) is 20.6. The van der Waals surface area contributed by atoms with E-state index in [4.69, 9.17) is 4.74 Å². The van der Waals surface area contributed by atoms with Crippen LogP contribution in [-0.4, -0.2) is 48.5 Å². The highest BCUT2D eigenvalue weighted by Gasteiger charge is 2.40. The number of piperidine rings is 1. The molecule has 1 aliphatic rings. The highest BCUT2D eigenvalue weighted by atomic mass is 16.5. The summed E-state index contributed by atoms with van der Waals surface area (Å²) in [4.78, 5) is 31.6. The smallest absolute Gasteiger partial charge is 0.225 e. The monoisotopic (exact) mass is 395 g/mol. The lowest BCUT2D eigenvalue weighted by Gasteiger charge is -2.40. The average Bonchev–Trinajstić information content (AvgIpc) is 2.74. The summed E-state index contributed by atoms with van der Waals surface area (Å²) in [6.07, 6.45) is 5.22. The molecule has 6 heteroatoms. The van der Waals surface area contributed by atoms with Crippen molar-refractivity contribution in [2.24, 2.45) is 5.92 Å². The van der Waals surface area contributed by atoms with Crippen LogP contribution in [0.5, 0.6) is 0 Å². The predicted octanol–water partition coefficient (Wildman–Crippen LogP) is 2.68. The number of amides is 2. The van der Waals surface area contributed by atoms with Gasteiger partial charge in [0.15, 0.2) is 0 Å². The molecular formula is C23H29N3O3. The number of methoxy groups -OCH3 is 1. The van der Waals surface area contributed by atoms with Crippen LogP contribution in [0.25, 0.3) is 0 Å². The standard InChI is InChI=1S/C23H29N3O3/c1-17-5-7-19(8-6-17)22-20(9-10-21(27)26(22)14-15-29-2)23(28)25-13-11-18-4-3-12-24-16-18/h3-8,12,16,20,22H,9-11,13-15H2,1-2H3,(H,25,28). The number of benzene rings is 1. The molecule has 3 rings (SSSR count). The third-order valence-corrected chi connectivity index (χ3v) is 5.43. The topological polar surface area (TPSA) is 71.5 Å². The first kappa shape index (κ1) is 21.0. The number of carbonyl (C=O) groups excluding carboxylic acids is 2. The van der Waals surface area contributed by atoms with Crippen LogP contribution in [0, 0.1) is 12.8 Å². The average molecular weight is 396 g/mol. The lowest BCUT2D eigenvalue weighted by Crippen LogP contribution is -2.49. The minimum absolute atomic E-state index is 0.00520. The van der Waals surface area contributed by atoms with E-state index in [1.807, 2.05) is 54.4 Å². The number of hydrogen-bond donors (Lipinski definition) is 1. The van der Waals surface area contributed by atoms with Gasteiger partial charge in [0.1, 0.15) is 0 Å². The molecular weight excluding hydrogens is 366 g/mol. The number of nitrogens with zero attached hydrogens (tertiary/aromatic N) is 2. The molecule has 0 radical (unpaired) electrons. The van der Waals surface area contributed by atoms with Gasteiger partial charge in [0.25, 0.3) is 0 Å².